The van der Waals surface area contributed by atoms with E-state index in [1.54, 1.807) is 0 Å². The van der Waals surface area contributed by atoms with Crippen molar-refractivity contribution in [2.75, 3.05) is 0 Å². The van der Waals surface area contributed by atoms with Gasteiger partial charge in [0.15, 0.2) is 5.76 Å². The molecule has 0 aliphatic rings. The van der Waals surface area contributed by atoms with E-state index in [2.05, 4.69) is 4.42 Å². The van der Waals surface area contributed by atoms with Crippen molar-refractivity contribution in [3.05, 3.63) is 23.7 Å². The third-order valence-corrected chi connectivity index (χ3v) is 1.30. The first-order valence-corrected chi connectivity index (χ1v) is 3.12. The van der Waals surface area contributed by atoms with Crippen molar-refractivity contribution in [1.82, 2.24) is 0 Å². The molecule has 0 fully saturated rings. The van der Waals surface area contributed by atoms with E-state index in [4.69, 9.17) is 10.2 Å². The third kappa shape index (κ3) is 1.56. The highest BCUT2D eigenvalue weighted by Gasteiger charge is 2.25. The Hall–Kier alpha value is -2.11. The number of hydrogen-bond donors (Lipinski definition) is 2. The Morgan fingerprint density at radius 1 is 1.23 bits per heavy atom. The summed E-state index contributed by atoms with van der Waals surface area (Å²) in [5, 5.41) is 16.7. The molecule has 0 bridgehead atoms. The molecule has 2 N–H and O–H groups in total. The first-order valence-electron chi connectivity index (χ1n) is 3.12. The summed E-state index contributed by atoms with van der Waals surface area (Å²) in [6, 6.07) is 1.01. The molecule has 0 aliphatic heterocycles. The summed E-state index contributed by atoms with van der Waals surface area (Å²) >= 11 is 0. The summed E-state index contributed by atoms with van der Waals surface area (Å²) in [6.07, 6.45) is 0.944. The lowest BCUT2D eigenvalue weighted by Gasteiger charge is -1.91. The van der Waals surface area contributed by atoms with Gasteiger partial charge in [-0.05, 0) is 6.07 Å². The lowest BCUT2D eigenvalue weighted by molar-refractivity contribution is -0.131. The Kier molecular flexibility index (Phi) is 2.14. The second kappa shape index (κ2) is 3.10. The molecule has 0 aliphatic carbocycles. The number of rotatable bonds is 3. The fraction of sp³-hybridized carbons (Fsp3) is 0. The minimum Gasteiger partial charge on any atom is -0.478 e. The van der Waals surface area contributed by atoms with Crippen molar-refractivity contribution in [3.8, 4) is 0 Å². The maximum absolute atomic E-state index is 10.8. The SMILES string of the molecule is O=C(O)C(=O)c1occc1C(=O)O. The highest BCUT2D eigenvalue weighted by Crippen LogP contribution is 2.11. The number of furan rings is 1. The molecule has 6 heteroatoms. The average molecular weight is 184 g/mol. The predicted octanol–water partition coefficient (Wildman–Crippen LogP) is 0.245. The van der Waals surface area contributed by atoms with Gasteiger partial charge in [-0.2, -0.15) is 0 Å². The largest absolute Gasteiger partial charge is 0.478 e. The second-order valence-electron chi connectivity index (χ2n) is 2.10. The number of ketones is 1. The van der Waals surface area contributed by atoms with Crippen LogP contribution in [0.3, 0.4) is 0 Å². The third-order valence-electron chi connectivity index (χ3n) is 1.30. The Labute approximate surface area is 71.4 Å². The highest BCUT2D eigenvalue weighted by molar-refractivity contribution is 6.40. The number of carbonyl (C=O) groups excluding carboxylic acids is 1. The Morgan fingerprint density at radius 2 is 1.85 bits per heavy atom. The first kappa shape index (κ1) is 8.98. The van der Waals surface area contributed by atoms with Crippen LogP contribution in [0.15, 0.2) is 16.7 Å². The van der Waals surface area contributed by atoms with Gasteiger partial charge in [-0.3, -0.25) is 4.79 Å². The fourth-order valence-corrected chi connectivity index (χ4v) is 0.751. The summed E-state index contributed by atoms with van der Waals surface area (Å²) in [6.45, 7) is 0. The number of aromatic carboxylic acids is 1. The van der Waals surface area contributed by atoms with Crippen LogP contribution in [0.2, 0.25) is 0 Å². The normalized spacial score (nSPS) is 9.54. The molecule has 1 aromatic heterocycles. The van der Waals surface area contributed by atoms with Crippen molar-refractivity contribution < 1.29 is 29.0 Å². The lowest BCUT2D eigenvalue weighted by atomic mass is 10.2. The number of aliphatic carboxylic acids is 1. The Balaban J connectivity index is 3.15. The van der Waals surface area contributed by atoms with Crippen LogP contribution in [0, 0.1) is 0 Å². The van der Waals surface area contributed by atoms with Crippen molar-refractivity contribution in [3.63, 3.8) is 0 Å². The van der Waals surface area contributed by atoms with Crippen molar-refractivity contribution in [2.45, 2.75) is 0 Å². The lowest BCUT2D eigenvalue weighted by Crippen LogP contribution is -2.15. The van der Waals surface area contributed by atoms with E-state index in [1.165, 1.54) is 0 Å². The van der Waals surface area contributed by atoms with E-state index in [9.17, 15) is 14.4 Å². The van der Waals surface area contributed by atoms with E-state index in [1.807, 2.05) is 0 Å². The van der Waals surface area contributed by atoms with Crippen LogP contribution in [0.4, 0.5) is 0 Å². The van der Waals surface area contributed by atoms with Crippen LogP contribution in [-0.2, 0) is 4.79 Å². The van der Waals surface area contributed by atoms with E-state index < -0.39 is 29.0 Å². The molecule has 13 heavy (non-hydrogen) atoms. The molecule has 0 spiro atoms. The van der Waals surface area contributed by atoms with Gasteiger partial charge in [0.05, 0.1) is 6.26 Å². The topological polar surface area (TPSA) is 105 Å². The summed E-state index contributed by atoms with van der Waals surface area (Å²) in [5.74, 6) is -5.20. The molecule has 0 unspecified atom stereocenters. The van der Waals surface area contributed by atoms with Crippen LogP contribution < -0.4 is 0 Å². The molecule has 0 radical (unpaired) electrons. The van der Waals surface area contributed by atoms with Crippen LogP contribution in [-0.4, -0.2) is 27.9 Å². The smallest absolute Gasteiger partial charge is 0.380 e. The zero-order chi connectivity index (χ0) is 10.0. The van der Waals surface area contributed by atoms with Gasteiger partial charge in [0.2, 0.25) is 0 Å². The predicted molar refractivity (Wildman–Crippen MR) is 37.6 cm³/mol. The summed E-state index contributed by atoms with van der Waals surface area (Å²) < 4.78 is 4.44. The zero-order valence-corrected chi connectivity index (χ0v) is 6.18. The minimum atomic E-state index is -1.75. The molecular weight excluding hydrogens is 180 g/mol. The van der Waals surface area contributed by atoms with Gasteiger partial charge in [0, 0.05) is 0 Å². The quantitative estimate of drug-likeness (QED) is 0.515. The van der Waals surface area contributed by atoms with E-state index in [-0.39, 0.29) is 0 Å². The van der Waals surface area contributed by atoms with Gasteiger partial charge >= 0.3 is 17.7 Å². The summed E-state index contributed by atoms with van der Waals surface area (Å²) in [4.78, 5) is 31.3. The van der Waals surface area contributed by atoms with E-state index >= 15 is 0 Å². The molecule has 0 saturated carbocycles. The van der Waals surface area contributed by atoms with E-state index in [0.29, 0.717) is 0 Å². The number of carbonyl (C=O) groups is 3. The number of hydrogen-bond acceptors (Lipinski definition) is 4. The van der Waals surface area contributed by atoms with Gasteiger partial charge in [0.25, 0.3) is 0 Å². The molecule has 6 nitrogen and oxygen atoms in total. The van der Waals surface area contributed by atoms with Crippen LogP contribution >= 0.6 is 0 Å². The highest BCUT2D eigenvalue weighted by atomic mass is 16.4. The monoisotopic (exact) mass is 184 g/mol. The van der Waals surface area contributed by atoms with Crippen LogP contribution in [0.25, 0.3) is 0 Å². The average Bonchev–Trinajstić information content (AvgIpc) is 2.50. The van der Waals surface area contributed by atoms with Crippen molar-refractivity contribution >= 4 is 17.7 Å². The van der Waals surface area contributed by atoms with Gasteiger partial charge < -0.3 is 14.6 Å². The Morgan fingerprint density at radius 3 is 2.31 bits per heavy atom. The van der Waals surface area contributed by atoms with Crippen LogP contribution in [0.5, 0.6) is 0 Å². The Bertz CT molecular complexity index is 374. The van der Waals surface area contributed by atoms with Gasteiger partial charge in [-0.25, -0.2) is 9.59 Å². The zero-order valence-electron chi connectivity index (χ0n) is 6.18. The van der Waals surface area contributed by atoms with Crippen molar-refractivity contribution in [1.29, 1.82) is 0 Å². The number of carboxylic acids is 2. The van der Waals surface area contributed by atoms with Gasteiger partial charge in [-0.1, -0.05) is 0 Å². The fourth-order valence-electron chi connectivity index (χ4n) is 0.751. The van der Waals surface area contributed by atoms with Gasteiger partial charge in [-0.15, -0.1) is 0 Å². The maximum atomic E-state index is 10.8. The molecule has 0 amide bonds. The molecule has 0 saturated heterocycles. The molecule has 0 aromatic carbocycles. The second-order valence-corrected chi connectivity index (χ2v) is 2.10. The maximum Gasteiger partial charge on any atom is 0.380 e. The summed E-state index contributed by atoms with van der Waals surface area (Å²) in [5.41, 5.74) is -0.451. The molecule has 68 valence electrons. The van der Waals surface area contributed by atoms with Crippen LogP contribution in [0.1, 0.15) is 20.9 Å². The number of Topliss-reactive ketones (excluding diaryl/α,β-unsaturated/α-hetero) is 1. The standard InChI is InChI=1S/C7H4O6/c8-4(7(11)12)5-3(6(9)10)1-2-13-5/h1-2H,(H,9,10)(H,11,12). The molecule has 1 heterocycles. The summed E-state index contributed by atoms with van der Waals surface area (Å²) in [7, 11) is 0. The molecule has 0 atom stereocenters. The molecular formula is C7H4O6. The van der Waals surface area contributed by atoms with Gasteiger partial charge in [0.1, 0.15) is 5.56 Å². The molecule has 1 aromatic rings. The minimum absolute atomic E-state index is 0.451. The van der Waals surface area contributed by atoms with E-state index in [0.717, 1.165) is 12.3 Å². The number of carboxylic acid groups (broad SMARTS) is 2. The first-order chi connectivity index (χ1) is 6.04. The van der Waals surface area contributed by atoms with Crippen molar-refractivity contribution in [2.24, 2.45) is 0 Å². The molecule has 1 rings (SSSR count).